The van der Waals surface area contributed by atoms with E-state index in [-0.39, 0.29) is 24.9 Å². The molecule has 0 aliphatic carbocycles. The van der Waals surface area contributed by atoms with E-state index in [1.165, 1.54) is 13.8 Å². The maximum atomic E-state index is 11.3. The van der Waals surface area contributed by atoms with Crippen LogP contribution in [0, 0.1) is 0 Å². The molecule has 27 heavy (non-hydrogen) atoms. The summed E-state index contributed by atoms with van der Waals surface area (Å²) >= 11 is 3.76. The molecule has 0 radical (unpaired) electrons. The highest BCUT2D eigenvalue weighted by molar-refractivity contribution is 7.81. The van der Waals surface area contributed by atoms with E-state index in [1.807, 2.05) is 0 Å². The molecule has 0 aromatic rings. The number of aliphatic hydroxyl groups is 3. The number of rotatable bonds is 15. The zero-order chi connectivity index (χ0) is 20.8. The van der Waals surface area contributed by atoms with Crippen LogP contribution in [-0.2, 0) is 28.6 Å². The normalized spacial score (nSPS) is 16.7. The molecule has 0 bridgehead atoms. The standard InChI is InChI=1S/C15H28N2O9S/c1-9(25-13(22)7-27)15(23)12(6-20)26-14(3-16-10(2)21)24-8-17-11(4-18)5-19/h4,9,11-12,14-15,17,19-20,23,27H,3,5-8H2,1-2H3,(H,16,21)/t9?,11-,12?,14?,15?/m1/s1. The molecule has 158 valence electrons. The lowest BCUT2D eigenvalue weighted by Crippen LogP contribution is -2.47. The minimum Gasteiger partial charge on any atom is -0.459 e. The van der Waals surface area contributed by atoms with E-state index in [1.54, 1.807) is 0 Å². The zero-order valence-electron chi connectivity index (χ0n) is 15.2. The molecule has 11 nitrogen and oxygen atoms in total. The van der Waals surface area contributed by atoms with Crippen molar-refractivity contribution in [3.8, 4) is 0 Å². The van der Waals surface area contributed by atoms with Crippen molar-refractivity contribution in [1.29, 1.82) is 0 Å². The average molecular weight is 412 g/mol. The van der Waals surface area contributed by atoms with Crippen molar-refractivity contribution in [3.63, 3.8) is 0 Å². The third-order valence-corrected chi connectivity index (χ3v) is 3.57. The van der Waals surface area contributed by atoms with Crippen LogP contribution in [0.3, 0.4) is 0 Å². The number of amides is 1. The fourth-order valence-electron chi connectivity index (χ4n) is 1.82. The van der Waals surface area contributed by atoms with Crippen molar-refractivity contribution in [1.82, 2.24) is 10.6 Å². The molecule has 0 aromatic carbocycles. The molecular weight excluding hydrogens is 384 g/mol. The molecule has 5 atom stereocenters. The van der Waals surface area contributed by atoms with Gasteiger partial charge in [-0.2, -0.15) is 12.6 Å². The Hall–Kier alpha value is -1.28. The van der Waals surface area contributed by atoms with Crippen LogP contribution in [0.5, 0.6) is 0 Å². The van der Waals surface area contributed by atoms with E-state index in [2.05, 4.69) is 23.3 Å². The van der Waals surface area contributed by atoms with Crippen molar-refractivity contribution in [2.45, 2.75) is 44.5 Å². The second-order valence-corrected chi connectivity index (χ2v) is 5.82. The van der Waals surface area contributed by atoms with Gasteiger partial charge in [0.1, 0.15) is 31.3 Å². The number of nitrogens with one attached hydrogen (secondary N) is 2. The molecule has 4 unspecified atom stereocenters. The van der Waals surface area contributed by atoms with Crippen LogP contribution < -0.4 is 10.6 Å². The molecule has 0 saturated heterocycles. The Morgan fingerprint density at radius 3 is 2.41 bits per heavy atom. The molecule has 0 heterocycles. The lowest BCUT2D eigenvalue weighted by Gasteiger charge is -2.30. The van der Waals surface area contributed by atoms with Crippen molar-refractivity contribution in [3.05, 3.63) is 0 Å². The molecule has 0 fully saturated rings. The highest BCUT2D eigenvalue weighted by atomic mass is 32.1. The first-order chi connectivity index (χ1) is 12.8. The second kappa shape index (κ2) is 14.7. The Labute approximate surface area is 162 Å². The van der Waals surface area contributed by atoms with Crippen molar-refractivity contribution < 1.29 is 43.9 Å². The predicted molar refractivity (Wildman–Crippen MR) is 95.9 cm³/mol. The van der Waals surface area contributed by atoms with Gasteiger partial charge < -0.3 is 39.6 Å². The lowest BCUT2D eigenvalue weighted by atomic mass is 10.1. The van der Waals surface area contributed by atoms with Gasteiger partial charge in [-0.25, -0.2) is 0 Å². The fourth-order valence-corrected chi connectivity index (χ4v) is 1.89. The van der Waals surface area contributed by atoms with E-state index in [0.717, 1.165) is 0 Å². The number of thiol groups is 1. The first-order valence-corrected chi connectivity index (χ1v) is 8.82. The van der Waals surface area contributed by atoms with E-state index >= 15 is 0 Å². The number of hydrogen-bond acceptors (Lipinski definition) is 11. The molecule has 1 amide bonds. The van der Waals surface area contributed by atoms with Crippen LogP contribution in [-0.4, -0.2) is 96.4 Å². The second-order valence-electron chi connectivity index (χ2n) is 5.51. The lowest BCUT2D eigenvalue weighted by molar-refractivity contribution is -0.214. The van der Waals surface area contributed by atoms with Crippen LogP contribution in [0.1, 0.15) is 13.8 Å². The van der Waals surface area contributed by atoms with Gasteiger partial charge in [0.05, 0.1) is 31.6 Å². The summed E-state index contributed by atoms with van der Waals surface area (Å²) in [4.78, 5) is 33.0. The molecule has 0 aliphatic rings. The maximum absolute atomic E-state index is 11.3. The maximum Gasteiger partial charge on any atom is 0.315 e. The number of carbonyl (C=O) groups excluding carboxylic acids is 3. The highest BCUT2D eigenvalue weighted by Crippen LogP contribution is 2.11. The summed E-state index contributed by atoms with van der Waals surface area (Å²) in [5.74, 6) is -1.19. The van der Waals surface area contributed by atoms with Crippen molar-refractivity contribution >= 4 is 30.8 Å². The Morgan fingerprint density at radius 2 is 1.93 bits per heavy atom. The van der Waals surface area contributed by atoms with Gasteiger partial charge >= 0.3 is 5.97 Å². The Balaban J connectivity index is 4.82. The SMILES string of the molecule is CC(=O)NCC(OCN[C@H](C=O)CO)OC(CO)C(O)C(C)OC(=O)CS. The van der Waals surface area contributed by atoms with Crippen LogP contribution in [0.25, 0.3) is 0 Å². The molecule has 0 rings (SSSR count). The highest BCUT2D eigenvalue weighted by Gasteiger charge is 2.30. The summed E-state index contributed by atoms with van der Waals surface area (Å²) in [6.07, 6.45) is -4.17. The molecular formula is C15H28N2O9S. The Bertz CT molecular complexity index is 455. The predicted octanol–water partition coefficient (Wildman–Crippen LogP) is -2.83. The van der Waals surface area contributed by atoms with Gasteiger partial charge in [-0.3, -0.25) is 14.9 Å². The van der Waals surface area contributed by atoms with E-state index in [0.29, 0.717) is 6.29 Å². The average Bonchev–Trinajstić information content (AvgIpc) is 2.65. The molecule has 0 aromatic heterocycles. The quantitative estimate of drug-likeness (QED) is 0.0715. The summed E-state index contributed by atoms with van der Waals surface area (Å²) in [5.41, 5.74) is 0. The summed E-state index contributed by atoms with van der Waals surface area (Å²) in [7, 11) is 0. The topological polar surface area (TPSA) is 164 Å². The number of aldehydes is 1. The molecule has 0 saturated carbocycles. The summed E-state index contributed by atoms with van der Waals surface area (Å²) in [6.45, 7) is 1.31. The van der Waals surface area contributed by atoms with Gasteiger partial charge in [0.15, 0.2) is 6.29 Å². The van der Waals surface area contributed by atoms with Gasteiger partial charge in [0.2, 0.25) is 5.91 Å². The third-order valence-electron chi connectivity index (χ3n) is 3.31. The number of aliphatic hydroxyl groups excluding tert-OH is 3. The number of esters is 1. The van der Waals surface area contributed by atoms with Crippen molar-refractivity contribution in [2.75, 3.05) is 32.2 Å². The fraction of sp³-hybridized carbons (Fsp3) is 0.800. The largest absolute Gasteiger partial charge is 0.459 e. The van der Waals surface area contributed by atoms with Gasteiger partial charge in [0, 0.05) is 6.92 Å². The third kappa shape index (κ3) is 11.2. The van der Waals surface area contributed by atoms with Crippen LogP contribution in [0.15, 0.2) is 0 Å². The minimum absolute atomic E-state index is 0.115. The van der Waals surface area contributed by atoms with Gasteiger partial charge in [-0.1, -0.05) is 0 Å². The van der Waals surface area contributed by atoms with E-state index in [9.17, 15) is 24.6 Å². The zero-order valence-corrected chi connectivity index (χ0v) is 16.1. The number of ether oxygens (including phenoxy) is 3. The van der Waals surface area contributed by atoms with E-state index in [4.69, 9.17) is 19.3 Å². The van der Waals surface area contributed by atoms with Crippen molar-refractivity contribution in [2.24, 2.45) is 0 Å². The summed E-state index contributed by atoms with van der Waals surface area (Å²) in [5, 5.41) is 33.6. The molecule has 12 heteroatoms. The first kappa shape index (κ1) is 25.7. The van der Waals surface area contributed by atoms with Crippen LogP contribution in [0.4, 0.5) is 0 Å². The monoisotopic (exact) mass is 412 g/mol. The Morgan fingerprint density at radius 1 is 1.26 bits per heavy atom. The van der Waals surface area contributed by atoms with Gasteiger partial charge in [-0.05, 0) is 6.92 Å². The number of carbonyl (C=O) groups is 3. The minimum atomic E-state index is -1.38. The molecule has 5 N–H and O–H groups in total. The molecule has 0 aliphatic heterocycles. The smallest absolute Gasteiger partial charge is 0.315 e. The van der Waals surface area contributed by atoms with Crippen LogP contribution >= 0.6 is 12.6 Å². The molecule has 0 spiro atoms. The first-order valence-electron chi connectivity index (χ1n) is 8.19. The van der Waals surface area contributed by atoms with E-state index < -0.39 is 49.8 Å². The summed E-state index contributed by atoms with van der Waals surface area (Å²) < 4.78 is 15.7. The number of hydrogen-bond donors (Lipinski definition) is 6. The van der Waals surface area contributed by atoms with Gasteiger partial charge in [-0.15, -0.1) is 0 Å². The summed E-state index contributed by atoms with van der Waals surface area (Å²) in [6, 6.07) is -0.841. The Kier molecular flexibility index (Phi) is 14.0. The van der Waals surface area contributed by atoms with Crippen LogP contribution in [0.2, 0.25) is 0 Å². The van der Waals surface area contributed by atoms with Gasteiger partial charge in [0.25, 0.3) is 0 Å².